The zero-order valence-corrected chi connectivity index (χ0v) is 10.7. The number of carbonyl (C=O) groups excluding carboxylic acids is 1. The van der Waals surface area contributed by atoms with Crippen LogP contribution < -0.4 is 5.32 Å². The number of fused-ring (bicyclic) bond motifs is 1. The van der Waals surface area contributed by atoms with E-state index in [0.29, 0.717) is 16.4 Å². The van der Waals surface area contributed by atoms with Crippen LogP contribution in [-0.2, 0) is 0 Å². The van der Waals surface area contributed by atoms with Crippen molar-refractivity contribution in [2.75, 3.05) is 5.32 Å². The molecule has 3 rings (SSSR count). The first-order chi connectivity index (χ1) is 9.22. The number of para-hydroxylation sites is 1. The van der Waals surface area contributed by atoms with Gasteiger partial charge in [0.1, 0.15) is 5.69 Å². The molecule has 1 aromatic heterocycles. The van der Waals surface area contributed by atoms with E-state index in [2.05, 4.69) is 10.3 Å². The zero-order valence-electron chi connectivity index (χ0n) is 9.98. The summed E-state index contributed by atoms with van der Waals surface area (Å²) in [6.45, 7) is 0. The molecule has 0 aliphatic carbocycles. The molecule has 0 saturated carbocycles. The summed E-state index contributed by atoms with van der Waals surface area (Å²) in [5.41, 5.74) is 2.20. The Morgan fingerprint density at radius 1 is 1.05 bits per heavy atom. The summed E-state index contributed by atoms with van der Waals surface area (Å²) in [6, 6.07) is 16.6. The number of anilines is 1. The van der Waals surface area contributed by atoms with Crippen molar-refractivity contribution in [3.63, 3.8) is 0 Å². The third-order valence-corrected chi connectivity index (χ3v) is 3.13. The number of halogens is 1. The molecular weight excluding hydrogens is 260 g/mol. The minimum atomic E-state index is -0.168. The van der Waals surface area contributed by atoms with E-state index >= 15 is 0 Å². The number of nitrogens with one attached hydrogen (secondary N) is 2. The van der Waals surface area contributed by atoms with Gasteiger partial charge in [-0.05, 0) is 36.4 Å². The highest BCUT2D eigenvalue weighted by molar-refractivity contribution is 6.30. The van der Waals surface area contributed by atoms with E-state index in [9.17, 15) is 4.79 Å². The largest absolute Gasteiger partial charge is 0.351 e. The van der Waals surface area contributed by atoms with Gasteiger partial charge in [-0.1, -0.05) is 29.8 Å². The molecule has 0 aliphatic rings. The maximum Gasteiger partial charge on any atom is 0.272 e. The van der Waals surface area contributed by atoms with Crippen molar-refractivity contribution in [3.8, 4) is 0 Å². The van der Waals surface area contributed by atoms with Gasteiger partial charge in [0.05, 0.1) is 0 Å². The van der Waals surface area contributed by atoms with Crippen molar-refractivity contribution in [3.05, 3.63) is 65.3 Å². The second kappa shape index (κ2) is 4.78. The molecule has 1 heterocycles. The first kappa shape index (κ1) is 11.8. The molecule has 0 bridgehead atoms. The normalized spacial score (nSPS) is 10.6. The van der Waals surface area contributed by atoms with E-state index in [-0.39, 0.29) is 5.91 Å². The van der Waals surface area contributed by atoms with Gasteiger partial charge in [0.2, 0.25) is 0 Å². The number of aromatic amines is 1. The highest BCUT2D eigenvalue weighted by atomic mass is 35.5. The van der Waals surface area contributed by atoms with E-state index in [0.717, 1.165) is 10.9 Å². The average Bonchev–Trinajstić information content (AvgIpc) is 2.85. The van der Waals surface area contributed by atoms with Gasteiger partial charge in [0.15, 0.2) is 0 Å². The first-order valence-corrected chi connectivity index (χ1v) is 6.25. The number of aromatic nitrogens is 1. The van der Waals surface area contributed by atoms with Crippen LogP contribution in [0.25, 0.3) is 10.9 Å². The van der Waals surface area contributed by atoms with Gasteiger partial charge in [0.25, 0.3) is 5.91 Å². The van der Waals surface area contributed by atoms with Gasteiger partial charge < -0.3 is 10.3 Å². The van der Waals surface area contributed by atoms with Crippen LogP contribution in [0.5, 0.6) is 0 Å². The highest BCUT2D eigenvalue weighted by Gasteiger charge is 2.09. The van der Waals surface area contributed by atoms with Gasteiger partial charge >= 0.3 is 0 Å². The average molecular weight is 271 g/mol. The monoisotopic (exact) mass is 270 g/mol. The summed E-state index contributed by atoms with van der Waals surface area (Å²) in [6.07, 6.45) is 0. The molecule has 3 nitrogen and oxygen atoms in total. The SMILES string of the molecule is O=C(Nc1ccc(Cl)cc1)c1cc2ccccc2[nH]1. The van der Waals surface area contributed by atoms with Crippen molar-refractivity contribution in [2.45, 2.75) is 0 Å². The third kappa shape index (κ3) is 2.46. The Balaban J connectivity index is 1.85. The summed E-state index contributed by atoms with van der Waals surface area (Å²) in [7, 11) is 0. The molecule has 0 fully saturated rings. The Labute approximate surface area is 115 Å². The van der Waals surface area contributed by atoms with Gasteiger partial charge in [-0.3, -0.25) is 4.79 Å². The number of hydrogen-bond acceptors (Lipinski definition) is 1. The molecule has 2 N–H and O–H groups in total. The smallest absolute Gasteiger partial charge is 0.272 e. The third-order valence-electron chi connectivity index (χ3n) is 2.88. The molecule has 1 amide bonds. The summed E-state index contributed by atoms with van der Waals surface area (Å²) >= 11 is 5.80. The van der Waals surface area contributed by atoms with Crippen LogP contribution in [0.1, 0.15) is 10.5 Å². The van der Waals surface area contributed by atoms with Crippen LogP contribution in [0.2, 0.25) is 5.02 Å². The minimum Gasteiger partial charge on any atom is -0.351 e. The molecular formula is C15H11ClN2O. The van der Waals surface area contributed by atoms with E-state index in [1.54, 1.807) is 24.3 Å². The second-order valence-electron chi connectivity index (χ2n) is 4.23. The molecule has 0 spiro atoms. The number of benzene rings is 2. The molecule has 94 valence electrons. The van der Waals surface area contributed by atoms with Crippen molar-refractivity contribution >= 4 is 34.1 Å². The maximum atomic E-state index is 12.1. The Hall–Kier alpha value is -2.26. The van der Waals surface area contributed by atoms with Crippen LogP contribution in [-0.4, -0.2) is 10.9 Å². The number of H-pyrrole nitrogens is 1. The lowest BCUT2D eigenvalue weighted by Gasteiger charge is -2.03. The Morgan fingerprint density at radius 3 is 2.53 bits per heavy atom. The van der Waals surface area contributed by atoms with E-state index in [1.807, 2.05) is 30.3 Å². The van der Waals surface area contributed by atoms with Gasteiger partial charge in [-0.15, -0.1) is 0 Å². The maximum absolute atomic E-state index is 12.1. The molecule has 3 aromatic rings. The fourth-order valence-electron chi connectivity index (χ4n) is 1.93. The fourth-order valence-corrected chi connectivity index (χ4v) is 2.05. The Bertz CT molecular complexity index is 698. The standard InChI is InChI=1S/C15H11ClN2O/c16-11-5-7-12(8-6-11)17-15(19)14-9-10-3-1-2-4-13(10)18-14/h1-9,18H,(H,17,19). The first-order valence-electron chi connectivity index (χ1n) is 5.87. The molecule has 4 heteroatoms. The van der Waals surface area contributed by atoms with E-state index < -0.39 is 0 Å². The van der Waals surface area contributed by atoms with Gasteiger partial charge in [-0.25, -0.2) is 0 Å². The lowest BCUT2D eigenvalue weighted by atomic mass is 10.2. The molecule has 2 aromatic carbocycles. The summed E-state index contributed by atoms with van der Waals surface area (Å²) in [4.78, 5) is 15.2. The second-order valence-corrected chi connectivity index (χ2v) is 4.67. The fraction of sp³-hybridized carbons (Fsp3) is 0. The number of carbonyl (C=O) groups is 1. The highest BCUT2D eigenvalue weighted by Crippen LogP contribution is 2.17. The number of amides is 1. The molecule has 0 aliphatic heterocycles. The zero-order chi connectivity index (χ0) is 13.2. The van der Waals surface area contributed by atoms with Crippen LogP contribution >= 0.6 is 11.6 Å². The minimum absolute atomic E-state index is 0.168. The number of rotatable bonds is 2. The van der Waals surface area contributed by atoms with Crippen LogP contribution in [0.3, 0.4) is 0 Å². The molecule has 0 unspecified atom stereocenters. The van der Waals surface area contributed by atoms with E-state index in [4.69, 9.17) is 11.6 Å². The van der Waals surface area contributed by atoms with Crippen LogP contribution in [0.15, 0.2) is 54.6 Å². The topological polar surface area (TPSA) is 44.9 Å². The molecule has 19 heavy (non-hydrogen) atoms. The summed E-state index contributed by atoms with van der Waals surface area (Å²) in [5.74, 6) is -0.168. The quantitative estimate of drug-likeness (QED) is 0.724. The van der Waals surface area contributed by atoms with E-state index in [1.165, 1.54) is 0 Å². The molecule has 0 saturated heterocycles. The summed E-state index contributed by atoms with van der Waals surface area (Å²) in [5, 5.41) is 4.48. The van der Waals surface area contributed by atoms with Crippen molar-refractivity contribution in [2.24, 2.45) is 0 Å². The van der Waals surface area contributed by atoms with Crippen molar-refractivity contribution in [1.82, 2.24) is 4.98 Å². The Kier molecular flexibility index (Phi) is 2.97. The van der Waals surface area contributed by atoms with Gasteiger partial charge in [-0.2, -0.15) is 0 Å². The predicted octanol–water partition coefficient (Wildman–Crippen LogP) is 4.07. The predicted molar refractivity (Wildman–Crippen MR) is 77.7 cm³/mol. The molecule has 0 radical (unpaired) electrons. The molecule has 0 atom stereocenters. The van der Waals surface area contributed by atoms with Crippen LogP contribution in [0, 0.1) is 0 Å². The van der Waals surface area contributed by atoms with Gasteiger partial charge in [0, 0.05) is 21.6 Å². The van der Waals surface area contributed by atoms with Crippen molar-refractivity contribution in [1.29, 1.82) is 0 Å². The number of hydrogen-bond donors (Lipinski definition) is 2. The lowest BCUT2D eigenvalue weighted by Crippen LogP contribution is -2.11. The Morgan fingerprint density at radius 2 is 1.79 bits per heavy atom. The summed E-state index contributed by atoms with van der Waals surface area (Å²) < 4.78 is 0. The van der Waals surface area contributed by atoms with Crippen LogP contribution in [0.4, 0.5) is 5.69 Å². The lowest BCUT2D eigenvalue weighted by molar-refractivity contribution is 0.102. The van der Waals surface area contributed by atoms with Crippen molar-refractivity contribution < 1.29 is 4.79 Å².